The second kappa shape index (κ2) is 4.95. The molecule has 0 radical (unpaired) electrons. The number of rotatable bonds is 2. The van der Waals surface area contributed by atoms with Gasteiger partial charge in [0.15, 0.2) is 0 Å². The molecule has 0 fully saturated rings. The molecule has 4 nitrogen and oxygen atoms in total. The van der Waals surface area contributed by atoms with Crippen LogP contribution in [0.15, 0.2) is 28.7 Å². The number of nitrogens with zero attached hydrogens (tertiary/aromatic N) is 3. The summed E-state index contributed by atoms with van der Waals surface area (Å²) in [6.45, 7) is 0. The average molecular weight is 321 g/mol. The normalized spacial score (nSPS) is 10.2. The van der Waals surface area contributed by atoms with E-state index in [1.54, 1.807) is 12.1 Å². The molecule has 0 aliphatic rings. The minimum Gasteiger partial charge on any atom is -0.436 e. The van der Waals surface area contributed by atoms with Crippen molar-refractivity contribution in [2.75, 3.05) is 0 Å². The van der Waals surface area contributed by atoms with Gasteiger partial charge in [-0.3, -0.25) is 0 Å². The standard InChI is InChI=1S/C9H4BrCl2N3O/c10-5-1-3-6(4-2-5)16-8-7(11)14-15-9(12)13-8/h1-4H. The largest absolute Gasteiger partial charge is 0.436 e. The predicted octanol–water partition coefficient (Wildman–Crippen LogP) is 3.73. The highest BCUT2D eigenvalue weighted by Gasteiger charge is 2.08. The Kier molecular flexibility index (Phi) is 3.58. The molecule has 1 aromatic heterocycles. The van der Waals surface area contributed by atoms with E-state index >= 15 is 0 Å². The Labute approximate surface area is 110 Å². The molecule has 0 aliphatic carbocycles. The van der Waals surface area contributed by atoms with E-state index < -0.39 is 0 Å². The van der Waals surface area contributed by atoms with Crippen LogP contribution >= 0.6 is 39.1 Å². The third kappa shape index (κ3) is 2.81. The summed E-state index contributed by atoms with van der Waals surface area (Å²) in [6, 6.07) is 7.19. The molecule has 82 valence electrons. The van der Waals surface area contributed by atoms with Gasteiger partial charge in [0.2, 0.25) is 10.4 Å². The topological polar surface area (TPSA) is 47.9 Å². The Hall–Kier alpha value is -0.910. The second-order valence-corrected chi connectivity index (χ2v) is 4.34. The summed E-state index contributed by atoms with van der Waals surface area (Å²) in [5, 5.41) is 7.10. The van der Waals surface area contributed by atoms with Crippen molar-refractivity contribution in [3.8, 4) is 11.6 Å². The Bertz CT molecular complexity index is 507. The molecule has 0 bridgehead atoms. The van der Waals surface area contributed by atoms with Crippen molar-refractivity contribution in [3.63, 3.8) is 0 Å². The summed E-state index contributed by atoms with van der Waals surface area (Å²) in [6.07, 6.45) is 0. The third-order valence-electron chi connectivity index (χ3n) is 1.62. The van der Waals surface area contributed by atoms with Crippen LogP contribution in [0.1, 0.15) is 0 Å². The van der Waals surface area contributed by atoms with Crippen molar-refractivity contribution < 1.29 is 4.74 Å². The first kappa shape index (κ1) is 11.6. The predicted molar refractivity (Wildman–Crippen MR) is 64.1 cm³/mol. The maximum absolute atomic E-state index is 5.75. The van der Waals surface area contributed by atoms with Crippen LogP contribution in [0.3, 0.4) is 0 Å². The molecule has 7 heteroatoms. The SMILES string of the molecule is Clc1nnc(Cl)c(Oc2ccc(Br)cc2)n1. The zero-order valence-electron chi connectivity index (χ0n) is 7.69. The lowest BCUT2D eigenvalue weighted by Crippen LogP contribution is -1.94. The Morgan fingerprint density at radius 2 is 1.75 bits per heavy atom. The highest BCUT2D eigenvalue weighted by Crippen LogP contribution is 2.26. The molecule has 2 aromatic rings. The van der Waals surface area contributed by atoms with Crippen LogP contribution in [-0.2, 0) is 0 Å². The number of aromatic nitrogens is 3. The van der Waals surface area contributed by atoms with Gasteiger partial charge in [0.05, 0.1) is 0 Å². The number of ether oxygens (including phenoxy) is 1. The van der Waals surface area contributed by atoms with Crippen LogP contribution in [0, 0.1) is 0 Å². The fourth-order valence-electron chi connectivity index (χ4n) is 0.959. The van der Waals surface area contributed by atoms with Crippen LogP contribution in [0.5, 0.6) is 11.6 Å². The van der Waals surface area contributed by atoms with Crippen LogP contribution in [0.4, 0.5) is 0 Å². The molecule has 1 heterocycles. The van der Waals surface area contributed by atoms with Crippen LogP contribution in [0.2, 0.25) is 10.4 Å². The molecule has 0 unspecified atom stereocenters. The Morgan fingerprint density at radius 1 is 1.06 bits per heavy atom. The monoisotopic (exact) mass is 319 g/mol. The molecule has 0 saturated carbocycles. The maximum atomic E-state index is 5.75. The van der Waals surface area contributed by atoms with E-state index in [2.05, 4.69) is 31.1 Å². The molecule has 2 rings (SSSR count). The van der Waals surface area contributed by atoms with Crippen molar-refractivity contribution in [1.82, 2.24) is 15.2 Å². The highest BCUT2D eigenvalue weighted by atomic mass is 79.9. The molecule has 16 heavy (non-hydrogen) atoms. The average Bonchev–Trinajstić information content (AvgIpc) is 2.27. The van der Waals surface area contributed by atoms with Crippen LogP contribution in [-0.4, -0.2) is 15.2 Å². The van der Waals surface area contributed by atoms with Crippen LogP contribution < -0.4 is 4.74 Å². The zero-order valence-corrected chi connectivity index (χ0v) is 10.8. The molecular weight excluding hydrogens is 317 g/mol. The molecule has 0 aliphatic heterocycles. The first-order chi connectivity index (χ1) is 7.65. The molecule has 0 atom stereocenters. The molecule has 0 saturated heterocycles. The quantitative estimate of drug-likeness (QED) is 0.845. The van der Waals surface area contributed by atoms with E-state index in [0.717, 1.165) is 4.47 Å². The summed E-state index contributed by atoms with van der Waals surface area (Å²) in [5.74, 6) is 0.714. The van der Waals surface area contributed by atoms with Gasteiger partial charge < -0.3 is 4.74 Å². The molecule has 0 spiro atoms. The van der Waals surface area contributed by atoms with Gasteiger partial charge in [-0.1, -0.05) is 27.5 Å². The van der Waals surface area contributed by atoms with Crippen molar-refractivity contribution in [2.45, 2.75) is 0 Å². The summed E-state index contributed by atoms with van der Waals surface area (Å²) in [4.78, 5) is 3.82. The van der Waals surface area contributed by atoms with Gasteiger partial charge in [0.25, 0.3) is 5.88 Å². The number of hydrogen-bond donors (Lipinski definition) is 0. The number of benzene rings is 1. The number of hydrogen-bond acceptors (Lipinski definition) is 4. The van der Waals surface area contributed by atoms with Crippen molar-refractivity contribution in [1.29, 1.82) is 0 Å². The Morgan fingerprint density at radius 3 is 2.44 bits per heavy atom. The fraction of sp³-hybridized carbons (Fsp3) is 0. The first-order valence-corrected chi connectivity index (χ1v) is 5.69. The zero-order chi connectivity index (χ0) is 11.5. The summed E-state index contributed by atoms with van der Waals surface area (Å²) in [7, 11) is 0. The molecule has 1 aromatic carbocycles. The lowest BCUT2D eigenvalue weighted by atomic mass is 10.3. The van der Waals surface area contributed by atoms with E-state index in [9.17, 15) is 0 Å². The summed E-state index contributed by atoms with van der Waals surface area (Å²) < 4.78 is 6.34. The van der Waals surface area contributed by atoms with Gasteiger partial charge in [-0.25, -0.2) is 0 Å². The van der Waals surface area contributed by atoms with Gasteiger partial charge >= 0.3 is 0 Å². The van der Waals surface area contributed by atoms with E-state index in [1.807, 2.05) is 12.1 Å². The van der Waals surface area contributed by atoms with E-state index in [4.69, 9.17) is 27.9 Å². The fourth-order valence-corrected chi connectivity index (χ4v) is 1.46. The molecular formula is C9H4BrCl2N3O. The molecule has 0 amide bonds. The van der Waals surface area contributed by atoms with Crippen LogP contribution in [0.25, 0.3) is 0 Å². The maximum Gasteiger partial charge on any atom is 0.262 e. The Balaban J connectivity index is 2.26. The third-order valence-corrected chi connectivity index (χ3v) is 2.54. The van der Waals surface area contributed by atoms with Gasteiger partial charge in [0, 0.05) is 4.47 Å². The number of halogens is 3. The van der Waals surface area contributed by atoms with E-state index in [-0.39, 0.29) is 16.3 Å². The lowest BCUT2D eigenvalue weighted by molar-refractivity contribution is 0.457. The van der Waals surface area contributed by atoms with Crippen molar-refractivity contribution in [2.24, 2.45) is 0 Å². The first-order valence-electron chi connectivity index (χ1n) is 4.14. The van der Waals surface area contributed by atoms with E-state index in [0.29, 0.717) is 5.75 Å². The smallest absolute Gasteiger partial charge is 0.262 e. The van der Waals surface area contributed by atoms with Gasteiger partial charge in [-0.05, 0) is 35.9 Å². The van der Waals surface area contributed by atoms with Gasteiger partial charge in [0.1, 0.15) is 5.75 Å². The minimum absolute atomic E-state index is 0.0171. The van der Waals surface area contributed by atoms with Gasteiger partial charge in [-0.2, -0.15) is 4.98 Å². The minimum atomic E-state index is -0.0171. The van der Waals surface area contributed by atoms with Crippen molar-refractivity contribution >= 4 is 39.1 Å². The van der Waals surface area contributed by atoms with Crippen molar-refractivity contribution in [3.05, 3.63) is 39.2 Å². The highest BCUT2D eigenvalue weighted by molar-refractivity contribution is 9.10. The second-order valence-electron chi connectivity index (χ2n) is 2.73. The van der Waals surface area contributed by atoms with Gasteiger partial charge in [-0.15, -0.1) is 10.2 Å². The summed E-state index contributed by atoms with van der Waals surface area (Å²) in [5.41, 5.74) is 0. The molecule has 0 N–H and O–H groups in total. The van der Waals surface area contributed by atoms with E-state index in [1.165, 1.54) is 0 Å². The lowest BCUT2D eigenvalue weighted by Gasteiger charge is -2.04. The summed E-state index contributed by atoms with van der Waals surface area (Å²) >= 11 is 14.6.